The molecular formula is C12H20F2. The third-order valence-corrected chi connectivity index (χ3v) is 2.16. The highest BCUT2D eigenvalue weighted by atomic mass is 19.3. The van der Waals surface area contributed by atoms with Gasteiger partial charge in [0, 0.05) is 0 Å². The molecule has 0 saturated heterocycles. The highest BCUT2D eigenvalue weighted by Gasteiger charge is 1.89. The van der Waals surface area contributed by atoms with E-state index in [4.69, 9.17) is 0 Å². The summed E-state index contributed by atoms with van der Waals surface area (Å²) in [7, 11) is 0. The van der Waals surface area contributed by atoms with Crippen LogP contribution in [0.25, 0.3) is 0 Å². The fourth-order valence-electron chi connectivity index (χ4n) is 1.35. The van der Waals surface area contributed by atoms with Gasteiger partial charge in [0.05, 0.1) is 0 Å². The summed E-state index contributed by atoms with van der Waals surface area (Å²) in [6, 6.07) is 0. The lowest BCUT2D eigenvalue weighted by Gasteiger charge is -1.98. The van der Waals surface area contributed by atoms with Crippen molar-refractivity contribution in [2.24, 2.45) is 0 Å². The van der Waals surface area contributed by atoms with Gasteiger partial charge in [-0.15, -0.1) is 0 Å². The molecule has 0 heterocycles. The van der Waals surface area contributed by atoms with Gasteiger partial charge in [-0.2, -0.15) is 8.78 Å². The summed E-state index contributed by atoms with van der Waals surface area (Å²) in [5.41, 5.74) is 1.92. The summed E-state index contributed by atoms with van der Waals surface area (Å²) >= 11 is 0. The molecular weight excluding hydrogens is 182 g/mol. The summed E-state index contributed by atoms with van der Waals surface area (Å²) in [4.78, 5) is 0. The zero-order chi connectivity index (χ0) is 10.6. The molecule has 0 aromatic heterocycles. The van der Waals surface area contributed by atoms with Gasteiger partial charge < -0.3 is 0 Å². The van der Waals surface area contributed by atoms with Crippen LogP contribution in [0.4, 0.5) is 8.78 Å². The third-order valence-electron chi connectivity index (χ3n) is 2.16. The van der Waals surface area contributed by atoms with Crippen LogP contribution in [0.15, 0.2) is 17.9 Å². The largest absolute Gasteiger partial charge is 0.312 e. The van der Waals surface area contributed by atoms with Crippen molar-refractivity contribution in [1.29, 1.82) is 0 Å². The first-order valence-corrected chi connectivity index (χ1v) is 5.53. The first-order valence-electron chi connectivity index (χ1n) is 5.53. The Hall–Kier alpha value is -0.620. The van der Waals surface area contributed by atoms with E-state index in [1.54, 1.807) is 0 Å². The van der Waals surface area contributed by atoms with Crippen LogP contribution in [-0.2, 0) is 0 Å². The van der Waals surface area contributed by atoms with Gasteiger partial charge >= 0.3 is 6.08 Å². The molecule has 0 rings (SSSR count). The Morgan fingerprint density at radius 3 is 2.14 bits per heavy atom. The maximum atomic E-state index is 11.5. The molecule has 0 N–H and O–H groups in total. The van der Waals surface area contributed by atoms with Crippen LogP contribution < -0.4 is 0 Å². The van der Waals surface area contributed by atoms with Crippen LogP contribution in [0.5, 0.6) is 0 Å². The minimum absolute atomic E-state index is 0.727. The molecule has 0 nitrogen and oxygen atoms in total. The molecule has 2 heteroatoms. The molecule has 0 radical (unpaired) electrons. The van der Waals surface area contributed by atoms with Crippen LogP contribution in [0.2, 0.25) is 0 Å². The van der Waals surface area contributed by atoms with Gasteiger partial charge in [-0.1, -0.05) is 51.2 Å². The maximum absolute atomic E-state index is 11.5. The second-order valence-corrected chi connectivity index (χ2v) is 3.52. The summed E-state index contributed by atoms with van der Waals surface area (Å²) in [6.45, 7) is 2.20. The molecule has 0 aromatic carbocycles. The van der Waals surface area contributed by atoms with E-state index in [-0.39, 0.29) is 0 Å². The van der Waals surface area contributed by atoms with Crippen molar-refractivity contribution in [2.45, 2.75) is 58.3 Å². The van der Waals surface area contributed by atoms with Gasteiger partial charge in [-0.05, 0) is 18.9 Å². The molecule has 0 aliphatic carbocycles. The van der Waals surface area contributed by atoms with Gasteiger partial charge in [0.1, 0.15) is 0 Å². The topological polar surface area (TPSA) is 0 Å². The van der Waals surface area contributed by atoms with E-state index in [9.17, 15) is 8.78 Å². The predicted octanol–water partition coefficient (Wildman–Crippen LogP) is 5.06. The van der Waals surface area contributed by atoms with E-state index in [0.717, 1.165) is 19.3 Å². The van der Waals surface area contributed by atoms with Crippen molar-refractivity contribution in [3.05, 3.63) is 17.9 Å². The van der Waals surface area contributed by atoms with Gasteiger partial charge in [-0.25, -0.2) is 0 Å². The number of rotatable bonds is 8. The van der Waals surface area contributed by atoms with Crippen molar-refractivity contribution < 1.29 is 8.78 Å². The lowest BCUT2D eigenvalue weighted by Crippen LogP contribution is -1.78. The summed E-state index contributed by atoms with van der Waals surface area (Å²) in [5, 5.41) is 0. The van der Waals surface area contributed by atoms with E-state index < -0.39 is 6.08 Å². The Kier molecular flexibility index (Phi) is 10.00. The zero-order valence-corrected chi connectivity index (χ0v) is 8.99. The lowest BCUT2D eigenvalue weighted by molar-refractivity contribution is 0.423. The van der Waals surface area contributed by atoms with Gasteiger partial charge in [-0.3, -0.25) is 0 Å². The summed E-state index contributed by atoms with van der Waals surface area (Å²) in [6.07, 6.45) is 9.01. The van der Waals surface area contributed by atoms with E-state index in [1.165, 1.54) is 38.2 Å². The molecule has 0 aliphatic heterocycles. The normalized spacial score (nSPS) is 9.64. The quantitative estimate of drug-likeness (QED) is 0.381. The Labute approximate surface area is 85.7 Å². The molecule has 0 fully saturated rings. The van der Waals surface area contributed by atoms with Crippen molar-refractivity contribution in [1.82, 2.24) is 0 Å². The van der Waals surface area contributed by atoms with Crippen LogP contribution in [0, 0.1) is 0 Å². The second-order valence-electron chi connectivity index (χ2n) is 3.52. The van der Waals surface area contributed by atoms with Gasteiger partial charge in [0.2, 0.25) is 0 Å². The van der Waals surface area contributed by atoms with Crippen molar-refractivity contribution in [3.63, 3.8) is 0 Å². The van der Waals surface area contributed by atoms with Crippen molar-refractivity contribution in [3.8, 4) is 0 Å². The van der Waals surface area contributed by atoms with E-state index in [1.807, 2.05) is 5.73 Å². The third kappa shape index (κ3) is 11.4. The number of allylic oxidation sites excluding steroid dienone is 1. The summed E-state index contributed by atoms with van der Waals surface area (Å²) in [5.74, 6) is 0. The molecule has 0 aromatic rings. The van der Waals surface area contributed by atoms with E-state index in [0.29, 0.717) is 0 Å². The molecule has 0 aliphatic rings. The molecule has 0 atom stereocenters. The Balaban J connectivity index is 3.10. The predicted molar refractivity (Wildman–Crippen MR) is 56.4 cm³/mol. The Morgan fingerprint density at radius 1 is 1.00 bits per heavy atom. The zero-order valence-electron chi connectivity index (χ0n) is 8.99. The molecule has 0 bridgehead atoms. The monoisotopic (exact) mass is 202 g/mol. The fraction of sp³-hybridized carbons (Fsp3) is 0.750. The van der Waals surface area contributed by atoms with E-state index >= 15 is 0 Å². The molecule has 14 heavy (non-hydrogen) atoms. The second kappa shape index (κ2) is 10.5. The smallest absolute Gasteiger partial charge is 0.164 e. The maximum Gasteiger partial charge on any atom is 0.312 e. The number of halogens is 2. The Morgan fingerprint density at radius 2 is 1.57 bits per heavy atom. The van der Waals surface area contributed by atoms with Gasteiger partial charge in [0.15, 0.2) is 0 Å². The minimum Gasteiger partial charge on any atom is -0.164 e. The SMILES string of the molecule is CCCCCCCCCC=C=C(F)F. The number of unbranched alkanes of at least 4 members (excludes halogenated alkanes) is 7. The van der Waals surface area contributed by atoms with Crippen LogP contribution >= 0.6 is 0 Å². The van der Waals surface area contributed by atoms with Crippen LogP contribution in [0.1, 0.15) is 58.3 Å². The standard InChI is InChI=1S/C12H20F2/c1-2-3-4-5-6-7-8-9-10-11-12(13)14/h10H,2-9H2,1H3. The number of hydrogen-bond donors (Lipinski definition) is 0. The van der Waals surface area contributed by atoms with Crippen LogP contribution in [0.3, 0.4) is 0 Å². The average Bonchev–Trinajstić information content (AvgIpc) is 2.15. The lowest BCUT2D eigenvalue weighted by atomic mass is 10.1. The minimum atomic E-state index is -1.71. The highest BCUT2D eigenvalue weighted by molar-refractivity contribution is 4.83. The average molecular weight is 202 g/mol. The first kappa shape index (κ1) is 13.4. The summed E-state index contributed by atoms with van der Waals surface area (Å²) < 4.78 is 23.0. The Bertz CT molecular complexity index is 175. The molecule has 0 amide bonds. The molecule has 0 spiro atoms. The number of hydrogen-bond acceptors (Lipinski definition) is 0. The highest BCUT2D eigenvalue weighted by Crippen LogP contribution is 2.08. The molecule has 82 valence electrons. The van der Waals surface area contributed by atoms with Crippen LogP contribution in [-0.4, -0.2) is 0 Å². The van der Waals surface area contributed by atoms with Crippen molar-refractivity contribution in [2.75, 3.05) is 0 Å². The first-order chi connectivity index (χ1) is 6.77. The fourth-order valence-corrected chi connectivity index (χ4v) is 1.35. The molecule has 0 saturated carbocycles. The van der Waals surface area contributed by atoms with Gasteiger partial charge in [0.25, 0.3) is 0 Å². The van der Waals surface area contributed by atoms with Crippen molar-refractivity contribution >= 4 is 0 Å². The molecule has 0 unspecified atom stereocenters. The van der Waals surface area contributed by atoms with E-state index in [2.05, 4.69) is 6.92 Å².